The molecule has 0 spiro atoms. The third-order valence-electron chi connectivity index (χ3n) is 11.5. The monoisotopic (exact) mass is 1380 g/mol. The van der Waals surface area contributed by atoms with Gasteiger partial charge < -0.3 is 0 Å². The minimum atomic E-state index is -8.98. The predicted molar refractivity (Wildman–Crippen MR) is 184 cm³/mol. The van der Waals surface area contributed by atoms with Gasteiger partial charge in [-0.05, 0) is 0 Å². The van der Waals surface area contributed by atoms with E-state index in [0.29, 0.717) is 31.4 Å². The molecule has 0 aliphatic rings. The Morgan fingerprint density at radius 3 is 0.887 bits per heavy atom. The van der Waals surface area contributed by atoms with Gasteiger partial charge in [-0.2, -0.15) is 0 Å². The number of benzene rings is 1. The topological polar surface area (TPSA) is 57.0 Å². The molecule has 0 atom stereocenters. The first-order valence-electron chi connectivity index (χ1n) is 19.7. The molecule has 0 amide bonds. The van der Waals surface area contributed by atoms with Crippen molar-refractivity contribution in [2.75, 3.05) is 7.11 Å². The Labute approximate surface area is 418 Å². The van der Waals surface area contributed by atoms with Crippen LogP contribution in [0.3, 0.4) is 0 Å². The number of ether oxygens (including phenoxy) is 1. The first-order valence-corrected chi connectivity index (χ1v) is 27.2. The molecule has 1 aromatic heterocycles. The van der Waals surface area contributed by atoms with E-state index < -0.39 is 186 Å². The molecule has 0 fully saturated rings. The Morgan fingerprint density at radius 1 is 0.400 bits per heavy atom. The standard InChI is InChI=1S/C11H10N3O2.3C8H4F13.Sn/c1-16-11(15)8-14-10(7-12-13-14)9-5-3-2-4-6-9;3*1-2-3(9,10)4(11,12)5(13,14)6(15,16)7(17,18)8(19,20)21;/h2-6H,8H2,1H3;3*1-2H2;. The van der Waals surface area contributed by atoms with Crippen LogP contribution in [0.15, 0.2) is 30.3 Å². The van der Waals surface area contributed by atoms with E-state index in [-0.39, 0.29) is 4.68 Å². The number of hydrogen-bond donors (Lipinski definition) is 0. The van der Waals surface area contributed by atoms with E-state index >= 15 is 52.7 Å². The van der Waals surface area contributed by atoms with Crippen molar-refractivity contribution in [1.82, 2.24) is 15.0 Å². The molecule has 0 unspecified atom stereocenters. The number of carbonyl (C=O) groups is 1. The normalized spacial score (nSPS) is 15.9. The number of alkyl halides is 39. The molecule has 1 heterocycles. The van der Waals surface area contributed by atoms with Gasteiger partial charge in [-0.25, -0.2) is 0 Å². The van der Waals surface area contributed by atoms with Crippen molar-refractivity contribution in [1.29, 1.82) is 0 Å². The fraction of sp³-hybridized carbons (Fsp3) is 0.743. The van der Waals surface area contributed by atoms with Crippen molar-refractivity contribution in [2.45, 2.75) is 146 Å². The van der Waals surface area contributed by atoms with Crippen LogP contribution in [0.4, 0.5) is 171 Å². The molecule has 0 aliphatic heterocycles. The van der Waals surface area contributed by atoms with Crippen molar-refractivity contribution >= 4 is 28.1 Å². The Hall–Kier alpha value is -4.10. The third kappa shape index (κ3) is 11.0. The van der Waals surface area contributed by atoms with Crippen LogP contribution < -0.4 is 3.71 Å². The zero-order valence-electron chi connectivity index (χ0n) is 37.2. The summed E-state index contributed by atoms with van der Waals surface area (Å²) < 4.78 is 543. The maximum atomic E-state index is 15.5. The molecule has 0 aliphatic carbocycles. The number of aromatic nitrogens is 3. The average Bonchev–Trinajstić information content (AvgIpc) is 3.70. The zero-order valence-corrected chi connectivity index (χ0v) is 40.1. The van der Waals surface area contributed by atoms with Crippen LogP contribution in [0, 0.1) is 0 Å². The third-order valence-corrected chi connectivity index (χ3v) is 25.7. The minimum absolute atomic E-state index is 0.315. The molecule has 2 aromatic rings. The molecule has 0 bridgehead atoms. The van der Waals surface area contributed by atoms with Crippen LogP contribution in [-0.4, -0.2) is 154 Å². The van der Waals surface area contributed by atoms with Gasteiger partial charge in [0.1, 0.15) is 0 Å². The summed E-state index contributed by atoms with van der Waals surface area (Å²) in [6.07, 6.45) is -37.2. The average molecular weight is 1380 g/mol. The van der Waals surface area contributed by atoms with Gasteiger partial charge in [-0.15, -0.1) is 0 Å². The Morgan fingerprint density at radius 2 is 0.650 bits per heavy atom. The Balaban J connectivity index is 3.39. The number of nitrogens with zero attached hydrogens (tertiary/aromatic N) is 3. The summed E-state index contributed by atoms with van der Waals surface area (Å²) >= 11 is -8.82. The van der Waals surface area contributed by atoms with E-state index in [1.165, 1.54) is 0 Å². The summed E-state index contributed by atoms with van der Waals surface area (Å²) in [4.78, 5) is 12.2. The first-order chi connectivity index (χ1) is 34.8. The van der Waals surface area contributed by atoms with E-state index in [0.717, 1.165) is 6.07 Å². The molecule has 2 rings (SSSR count). The van der Waals surface area contributed by atoms with Gasteiger partial charge in [0.2, 0.25) is 0 Å². The van der Waals surface area contributed by atoms with Gasteiger partial charge in [0.05, 0.1) is 0 Å². The van der Waals surface area contributed by atoms with E-state index in [1.54, 1.807) is 0 Å². The summed E-state index contributed by atoms with van der Waals surface area (Å²) in [7, 11) is 0.357. The van der Waals surface area contributed by atoms with Crippen LogP contribution in [0.1, 0.15) is 19.3 Å². The second-order valence-electron chi connectivity index (χ2n) is 16.7. The molecule has 0 N–H and O–H groups in total. The van der Waals surface area contributed by atoms with E-state index in [9.17, 15) is 123 Å². The number of rotatable bonds is 25. The zero-order chi connectivity index (χ0) is 64.0. The van der Waals surface area contributed by atoms with Crippen molar-refractivity contribution in [3.05, 3.63) is 30.3 Å². The quantitative estimate of drug-likeness (QED) is 0.0565. The first kappa shape index (κ1) is 72.0. The number of carbonyl (C=O) groups excluding carboxylic acids is 1. The second kappa shape index (κ2) is 20.9. The number of esters is 1. The van der Waals surface area contributed by atoms with E-state index in [1.807, 2.05) is 0 Å². The van der Waals surface area contributed by atoms with Crippen molar-refractivity contribution < 1.29 is 181 Å². The maximum absolute atomic E-state index is 15.5. The number of hydrogen-bond acceptors (Lipinski definition) is 4. The molecule has 0 saturated heterocycles. The molecule has 0 radical (unpaired) electrons. The molecular weight excluding hydrogens is 1350 g/mol. The fourth-order valence-electron chi connectivity index (χ4n) is 6.65. The SMILES string of the molecule is COC(=O)Cn1nn[c]([Sn]([CH2]CC(F)(F)C(F)(F)C(F)(F)C(F)(F)C(F)(F)C(F)(F)F)([CH2]CC(F)(F)C(F)(F)C(F)(F)C(F)(F)C(F)(F)C(F)(F)F)[CH2]CC(F)(F)C(F)(F)C(F)(F)C(F)(F)C(F)(F)C(F)(F)F)c1-c1ccccc1. The van der Waals surface area contributed by atoms with Crippen LogP contribution in [0.25, 0.3) is 11.3 Å². The van der Waals surface area contributed by atoms with Gasteiger partial charge in [0.25, 0.3) is 0 Å². The molecule has 0 saturated carbocycles. The van der Waals surface area contributed by atoms with E-state index in [4.69, 9.17) is 0 Å². The van der Waals surface area contributed by atoms with Gasteiger partial charge in [-0.1, -0.05) is 0 Å². The number of halogens is 39. The van der Waals surface area contributed by atoms with Gasteiger partial charge in [0.15, 0.2) is 0 Å². The van der Waals surface area contributed by atoms with Gasteiger partial charge in [0, 0.05) is 0 Å². The van der Waals surface area contributed by atoms with Crippen LogP contribution >= 0.6 is 0 Å². The molecule has 466 valence electrons. The Bertz CT molecular complexity index is 2290. The van der Waals surface area contributed by atoms with Crippen LogP contribution in [0.2, 0.25) is 13.3 Å². The van der Waals surface area contributed by atoms with Gasteiger partial charge in [-0.3, -0.25) is 0 Å². The van der Waals surface area contributed by atoms with Gasteiger partial charge >= 0.3 is 419 Å². The summed E-state index contributed by atoms with van der Waals surface area (Å²) in [5.41, 5.74) is -2.89. The molecule has 80 heavy (non-hydrogen) atoms. The number of methoxy groups -OCH3 is 1. The van der Waals surface area contributed by atoms with Crippen LogP contribution in [-0.2, 0) is 16.1 Å². The summed E-state index contributed by atoms with van der Waals surface area (Å²) in [6.45, 7) is -1.81. The van der Waals surface area contributed by atoms with Crippen molar-refractivity contribution in [2.24, 2.45) is 0 Å². The molecular formula is C35H22F39N3O2Sn. The van der Waals surface area contributed by atoms with Crippen molar-refractivity contribution in [3.63, 3.8) is 0 Å². The summed E-state index contributed by atoms with van der Waals surface area (Å²) in [5, 5.41) is 5.68. The molecule has 5 nitrogen and oxygen atoms in total. The van der Waals surface area contributed by atoms with Crippen LogP contribution in [0.5, 0.6) is 0 Å². The molecule has 1 aromatic carbocycles. The van der Waals surface area contributed by atoms with E-state index in [2.05, 4.69) is 15.0 Å². The summed E-state index contributed by atoms with van der Waals surface area (Å²) in [5.74, 6) is -131. The predicted octanol–water partition coefficient (Wildman–Crippen LogP) is 15.2. The fourth-order valence-corrected chi connectivity index (χ4v) is 20.5. The second-order valence-corrected chi connectivity index (χ2v) is 29.6. The van der Waals surface area contributed by atoms with Crippen molar-refractivity contribution in [3.8, 4) is 11.3 Å². The summed E-state index contributed by atoms with van der Waals surface area (Å²) in [6, 6.07) is 2.76. The Kier molecular flexibility index (Phi) is 18.8. The molecule has 45 heteroatoms.